The third-order valence-corrected chi connectivity index (χ3v) is 5.65. The van der Waals surface area contributed by atoms with Crippen molar-refractivity contribution in [2.75, 3.05) is 17.2 Å². The van der Waals surface area contributed by atoms with Gasteiger partial charge in [-0.05, 0) is 30.4 Å². The zero-order valence-electron chi connectivity index (χ0n) is 16.1. The van der Waals surface area contributed by atoms with E-state index in [4.69, 9.17) is 10.5 Å². The molecular formula is C21H24FN5O2. The van der Waals surface area contributed by atoms with Gasteiger partial charge in [-0.15, -0.1) is 0 Å². The molecule has 1 fully saturated rings. The largest absolute Gasteiger partial charge is 0.489 e. The molecule has 29 heavy (non-hydrogen) atoms. The van der Waals surface area contributed by atoms with E-state index in [9.17, 15) is 9.18 Å². The summed E-state index contributed by atoms with van der Waals surface area (Å²) in [5.41, 5.74) is 6.45. The highest BCUT2D eigenvalue weighted by Crippen LogP contribution is 2.41. The maximum absolute atomic E-state index is 14.5. The third kappa shape index (κ3) is 4.01. The maximum atomic E-state index is 14.5. The Hall–Kier alpha value is -3.16. The summed E-state index contributed by atoms with van der Waals surface area (Å²) >= 11 is 0. The number of rotatable bonds is 2. The number of fused-ring (bicyclic) bond motifs is 5. The minimum atomic E-state index is -0.578. The van der Waals surface area contributed by atoms with Gasteiger partial charge in [-0.25, -0.2) is 9.37 Å². The van der Waals surface area contributed by atoms with E-state index >= 15 is 0 Å². The fraction of sp³-hybridized carbons (Fsp3) is 0.381. The second kappa shape index (κ2) is 8.06. The van der Waals surface area contributed by atoms with Gasteiger partial charge in [0.25, 0.3) is 0 Å². The molecule has 4 bridgehead atoms. The molecule has 1 amide bonds. The number of amides is 1. The van der Waals surface area contributed by atoms with Crippen LogP contribution in [0.5, 0.6) is 5.75 Å². The molecule has 2 unspecified atom stereocenters. The third-order valence-electron chi connectivity index (χ3n) is 5.65. The second-order valence-electron chi connectivity index (χ2n) is 7.45. The summed E-state index contributed by atoms with van der Waals surface area (Å²) in [5, 5.41) is 6.21. The number of hydrogen-bond acceptors (Lipinski definition) is 6. The number of halogens is 1. The van der Waals surface area contributed by atoms with Gasteiger partial charge in [0.1, 0.15) is 12.4 Å². The van der Waals surface area contributed by atoms with Crippen molar-refractivity contribution in [1.82, 2.24) is 9.97 Å². The summed E-state index contributed by atoms with van der Waals surface area (Å²) < 4.78 is 20.3. The van der Waals surface area contributed by atoms with Crippen molar-refractivity contribution < 1.29 is 13.9 Å². The van der Waals surface area contributed by atoms with Gasteiger partial charge >= 0.3 is 0 Å². The van der Waals surface area contributed by atoms with Crippen LogP contribution in [0, 0.1) is 23.6 Å². The summed E-state index contributed by atoms with van der Waals surface area (Å²) in [6, 6.07) is 7.03. The molecule has 0 spiro atoms. The zero-order valence-corrected chi connectivity index (χ0v) is 16.1. The lowest BCUT2D eigenvalue weighted by Crippen LogP contribution is -2.40. The summed E-state index contributed by atoms with van der Waals surface area (Å²) in [6.45, 7) is 2.43. The highest BCUT2D eigenvalue weighted by molar-refractivity contribution is 5.79. The molecule has 1 aromatic carbocycles. The molecule has 4 N–H and O–H groups in total. The van der Waals surface area contributed by atoms with Gasteiger partial charge in [-0.1, -0.05) is 31.6 Å². The minimum absolute atomic E-state index is 0.00102. The molecular weight excluding hydrogens is 373 g/mol. The average Bonchev–Trinajstić information content (AvgIpc) is 3.05. The van der Waals surface area contributed by atoms with Gasteiger partial charge < -0.3 is 21.1 Å². The van der Waals surface area contributed by atoms with Gasteiger partial charge in [0.05, 0.1) is 12.1 Å². The summed E-state index contributed by atoms with van der Waals surface area (Å²) in [6.07, 6.45) is 6.67. The Morgan fingerprint density at radius 1 is 1.41 bits per heavy atom. The SMILES string of the molecule is CCC1CC2/C=C\COc3cccc(c3)Nc3ncc(F)c(n3)N[C@H]2[C@H]1C(N)=O. The number of aromatic nitrogens is 2. The molecule has 0 radical (unpaired) electrons. The predicted molar refractivity (Wildman–Crippen MR) is 108 cm³/mol. The van der Waals surface area contributed by atoms with Crippen LogP contribution in [0.1, 0.15) is 19.8 Å². The Bertz CT molecular complexity index is 935. The smallest absolute Gasteiger partial charge is 0.229 e. The van der Waals surface area contributed by atoms with Crippen LogP contribution < -0.4 is 21.1 Å². The van der Waals surface area contributed by atoms with E-state index in [1.54, 1.807) is 0 Å². The number of nitrogens with two attached hydrogens (primary N) is 1. The molecule has 152 valence electrons. The Labute approximate surface area is 168 Å². The highest BCUT2D eigenvalue weighted by Gasteiger charge is 2.44. The fourth-order valence-corrected chi connectivity index (χ4v) is 4.28. The Morgan fingerprint density at radius 3 is 3.07 bits per heavy atom. The normalized spacial score (nSPS) is 26.8. The molecule has 7 nitrogen and oxygen atoms in total. The van der Waals surface area contributed by atoms with Crippen LogP contribution >= 0.6 is 0 Å². The number of carbonyl (C=O) groups is 1. The lowest BCUT2D eigenvalue weighted by molar-refractivity contribution is -0.123. The van der Waals surface area contributed by atoms with E-state index in [1.807, 2.05) is 43.3 Å². The van der Waals surface area contributed by atoms with E-state index in [-0.39, 0.29) is 35.6 Å². The van der Waals surface area contributed by atoms with Crippen LogP contribution in [-0.2, 0) is 4.79 Å². The van der Waals surface area contributed by atoms with Crippen molar-refractivity contribution >= 4 is 23.4 Å². The molecule has 1 aromatic heterocycles. The number of benzene rings is 1. The van der Waals surface area contributed by atoms with Crippen LogP contribution in [0.4, 0.5) is 21.8 Å². The summed E-state index contributed by atoms with van der Waals surface area (Å²) in [4.78, 5) is 20.5. The van der Waals surface area contributed by atoms with Gasteiger partial charge in [-0.2, -0.15) is 4.98 Å². The number of nitrogens with zero attached hydrogens (tertiary/aromatic N) is 2. The van der Waals surface area contributed by atoms with Gasteiger partial charge in [-0.3, -0.25) is 4.79 Å². The zero-order chi connectivity index (χ0) is 20.4. The van der Waals surface area contributed by atoms with Crippen molar-refractivity contribution in [3.63, 3.8) is 0 Å². The van der Waals surface area contributed by atoms with Gasteiger partial charge in [0, 0.05) is 17.8 Å². The molecule has 2 heterocycles. The maximum Gasteiger partial charge on any atom is 0.229 e. The monoisotopic (exact) mass is 397 g/mol. The van der Waals surface area contributed by atoms with Gasteiger partial charge in [0.15, 0.2) is 11.6 Å². The second-order valence-corrected chi connectivity index (χ2v) is 7.45. The predicted octanol–water partition coefficient (Wildman–Crippen LogP) is 3.24. The van der Waals surface area contributed by atoms with Crippen LogP contribution in [0.2, 0.25) is 0 Å². The molecule has 4 atom stereocenters. The van der Waals surface area contributed by atoms with Crippen LogP contribution in [0.25, 0.3) is 0 Å². The Kier molecular flexibility index (Phi) is 5.33. The minimum Gasteiger partial charge on any atom is -0.489 e. The van der Waals surface area contributed by atoms with Crippen molar-refractivity contribution in [3.8, 4) is 5.75 Å². The first-order valence-corrected chi connectivity index (χ1v) is 9.80. The molecule has 0 saturated heterocycles. The van der Waals surface area contributed by atoms with E-state index in [2.05, 4.69) is 20.6 Å². The Morgan fingerprint density at radius 2 is 2.28 bits per heavy atom. The van der Waals surface area contributed by atoms with Crippen molar-refractivity contribution in [3.05, 3.63) is 48.4 Å². The van der Waals surface area contributed by atoms with Crippen LogP contribution in [-0.4, -0.2) is 28.5 Å². The van der Waals surface area contributed by atoms with Crippen LogP contribution in [0.15, 0.2) is 42.6 Å². The topological polar surface area (TPSA) is 102 Å². The average molecular weight is 397 g/mol. The molecule has 2 aliphatic rings. The summed E-state index contributed by atoms with van der Waals surface area (Å²) in [5.74, 6) is -0.260. The molecule has 1 aliphatic carbocycles. The standard InChI is InChI=1S/C21H24FN5O2/c1-2-12-9-13-5-4-8-29-15-7-3-6-14(10-15)25-21-24-11-16(22)20(27-21)26-18(13)17(12)19(23)28/h3-7,10-13,17-18H,2,8-9H2,1H3,(H2,23,28)(H2,24,25,26,27)/b5-4-/t12?,13?,17-,18+/m0/s1. The highest BCUT2D eigenvalue weighted by atomic mass is 19.1. The van der Waals surface area contributed by atoms with Crippen molar-refractivity contribution in [1.29, 1.82) is 0 Å². The number of ether oxygens (including phenoxy) is 1. The molecule has 1 aliphatic heterocycles. The molecule has 1 saturated carbocycles. The van der Waals surface area contributed by atoms with E-state index in [0.717, 1.165) is 24.7 Å². The molecule has 8 heteroatoms. The van der Waals surface area contributed by atoms with Crippen molar-refractivity contribution in [2.24, 2.45) is 23.5 Å². The molecule has 2 aromatic rings. The number of carbonyl (C=O) groups excluding carboxylic acids is 1. The quantitative estimate of drug-likeness (QED) is 0.673. The van der Waals surface area contributed by atoms with E-state index in [0.29, 0.717) is 12.4 Å². The first-order valence-electron chi connectivity index (χ1n) is 9.80. The fourth-order valence-electron chi connectivity index (χ4n) is 4.28. The number of nitrogens with one attached hydrogen (secondary N) is 2. The van der Waals surface area contributed by atoms with E-state index in [1.165, 1.54) is 0 Å². The first kappa shape index (κ1) is 19.2. The number of primary amides is 1. The van der Waals surface area contributed by atoms with Crippen LogP contribution in [0.3, 0.4) is 0 Å². The molecule has 4 rings (SSSR count). The Balaban J connectivity index is 1.75. The van der Waals surface area contributed by atoms with Crippen molar-refractivity contribution in [2.45, 2.75) is 25.8 Å². The lowest BCUT2D eigenvalue weighted by Gasteiger charge is -2.25. The van der Waals surface area contributed by atoms with Gasteiger partial charge in [0.2, 0.25) is 11.9 Å². The van der Waals surface area contributed by atoms with E-state index < -0.39 is 11.7 Å². The summed E-state index contributed by atoms with van der Waals surface area (Å²) in [7, 11) is 0. The first-order chi connectivity index (χ1) is 14.0. The lowest BCUT2D eigenvalue weighted by atomic mass is 9.90. The number of hydrogen-bond donors (Lipinski definition) is 3. The number of anilines is 3.